The molecule has 0 aliphatic heterocycles. The number of benzene rings is 2. The molecule has 7 heteroatoms. The van der Waals surface area contributed by atoms with Crippen LogP contribution in [0.2, 0.25) is 0 Å². The molecule has 0 aliphatic rings. The number of aromatic amines is 1. The van der Waals surface area contributed by atoms with E-state index in [2.05, 4.69) is 48.1 Å². The van der Waals surface area contributed by atoms with Gasteiger partial charge in [0.05, 0.1) is 4.92 Å². The van der Waals surface area contributed by atoms with Gasteiger partial charge in [-0.1, -0.05) is 68.9 Å². The first kappa shape index (κ1) is 18.1. The maximum Gasteiger partial charge on any atom is 0.269 e. The zero-order chi connectivity index (χ0) is 18.7. The third-order valence-corrected chi connectivity index (χ3v) is 4.92. The maximum absolute atomic E-state index is 10.7. The van der Waals surface area contributed by atoms with Gasteiger partial charge in [0, 0.05) is 23.4 Å². The van der Waals surface area contributed by atoms with Gasteiger partial charge in [-0.25, -0.2) is 4.98 Å². The molecule has 0 spiro atoms. The van der Waals surface area contributed by atoms with Gasteiger partial charge in [0.15, 0.2) is 5.82 Å². The van der Waals surface area contributed by atoms with Crippen LogP contribution in [0.5, 0.6) is 0 Å². The standard InChI is InChI=1S/C19H20N4O2S/c1-19(2,3)15-8-6-14(7-9-15)17-20-18(22-21-17)26-12-13-4-10-16(11-5-13)23(24)25/h4-11H,12H2,1-3H3,(H,20,21,22). The van der Waals surface area contributed by atoms with E-state index < -0.39 is 4.92 Å². The summed E-state index contributed by atoms with van der Waals surface area (Å²) >= 11 is 1.49. The Balaban J connectivity index is 1.65. The SMILES string of the molecule is CC(C)(C)c1ccc(-c2nc(SCc3ccc([N+](=O)[O-])cc3)n[nH]2)cc1. The molecule has 0 saturated carbocycles. The van der Waals surface area contributed by atoms with Crippen molar-refractivity contribution in [3.8, 4) is 11.4 Å². The van der Waals surface area contributed by atoms with Crippen LogP contribution >= 0.6 is 11.8 Å². The third kappa shape index (κ3) is 4.29. The number of nitro benzene ring substituents is 1. The Morgan fingerprint density at radius 2 is 1.73 bits per heavy atom. The predicted octanol–water partition coefficient (Wildman–Crippen LogP) is 4.97. The highest BCUT2D eigenvalue weighted by molar-refractivity contribution is 7.98. The summed E-state index contributed by atoms with van der Waals surface area (Å²) in [6.45, 7) is 6.55. The monoisotopic (exact) mass is 368 g/mol. The van der Waals surface area contributed by atoms with Crippen molar-refractivity contribution in [1.29, 1.82) is 0 Å². The number of nitro groups is 1. The molecule has 1 heterocycles. The largest absolute Gasteiger partial charge is 0.269 e. The summed E-state index contributed by atoms with van der Waals surface area (Å²) < 4.78 is 0. The summed E-state index contributed by atoms with van der Waals surface area (Å²) in [5.41, 5.74) is 3.46. The fourth-order valence-corrected chi connectivity index (χ4v) is 3.18. The fraction of sp³-hybridized carbons (Fsp3) is 0.263. The highest BCUT2D eigenvalue weighted by Gasteiger charge is 2.14. The number of H-pyrrole nitrogens is 1. The number of nitrogens with one attached hydrogen (secondary N) is 1. The Hall–Kier alpha value is -2.67. The van der Waals surface area contributed by atoms with Crippen molar-refractivity contribution in [2.45, 2.75) is 37.1 Å². The topological polar surface area (TPSA) is 84.7 Å². The lowest BCUT2D eigenvalue weighted by Gasteiger charge is -2.18. The highest BCUT2D eigenvalue weighted by atomic mass is 32.2. The van der Waals surface area contributed by atoms with Gasteiger partial charge in [-0.3, -0.25) is 15.2 Å². The Morgan fingerprint density at radius 1 is 1.08 bits per heavy atom. The zero-order valence-electron chi connectivity index (χ0n) is 14.9. The van der Waals surface area contributed by atoms with Crippen molar-refractivity contribution in [2.75, 3.05) is 0 Å². The number of thioether (sulfide) groups is 1. The molecule has 0 fully saturated rings. The van der Waals surface area contributed by atoms with Crippen LogP contribution in [0, 0.1) is 10.1 Å². The smallest absolute Gasteiger partial charge is 0.258 e. The van der Waals surface area contributed by atoms with E-state index in [-0.39, 0.29) is 11.1 Å². The molecule has 0 atom stereocenters. The molecule has 3 aromatic rings. The van der Waals surface area contributed by atoms with E-state index in [1.54, 1.807) is 12.1 Å². The van der Waals surface area contributed by atoms with Gasteiger partial charge >= 0.3 is 0 Å². The molecule has 0 bridgehead atoms. The Morgan fingerprint density at radius 3 is 2.31 bits per heavy atom. The summed E-state index contributed by atoms with van der Waals surface area (Å²) in [6.07, 6.45) is 0. The summed E-state index contributed by atoms with van der Waals surface area (Å²) in [4.78, 5) is 14.8. The first-order valence-electron chi connectivity index (χ1n) is 8.22. The Labute approximate surface area is 156 Å². The van der Waals surface area contributed by atoms with Gasteiger partial charge in [-0.15, -0.1) is 5.10 Å². The molecule has 0 saturated heterocycles. The zero-order valence-corrected chi connectivity index (χ0v) is 15.7. The quantitative estimate of drug-likeness (QED) is 0.390. The minimum atomic E-state index is -0.399. The lowest BCUT2D eigenvalue weighted by Crippen LogP contribution is -2.10. The number of aromatic nitrogens is 3. The first-order chi connectivity index (χ1) is 12.3. The van der Waals surface area contributed by atoms with Gasteiger partial charge in [0.25, 0.3) is 5.69 Å². The van der Waals surface area contributed by atoms with Crippen LogP contribution in [0.25, 0.3) is 11.4 Å². The number of non-ortho nitro benzene ring substituents is 1. The summed E-state index contributed by atoms with van der Waals surface area (Å²) in [5, 5.41) is 18.5. The molecule has 0 amide bonds. The molecule has 3 rings (SSSR count). The van der Waals surface area contributed by atoms with E-state index in [9.17, 15) is 10.1 Å². The molecule has 6 nitrogen and oxygen atoms in total. The van der Waals surface area contributed by atoms with Gasteiger partial charge < -0.3 is 0 Å². The second-order valence-electron chi connectivity index (χ2n) is 7.01. The molecular weight excluding hydrogens is 348 g/mol. The van der Waals surface area contributed by atoms with E-state index in [1.807, 2.05) is 12.1 Å². The van der Waals surface area contributed by atoms with Crippen molar-refractivity contribution in [2.24, 2.45) is 0 Å². The van der Waals surface area contributed by atoms with Crippen molar-refractivity contribution in [3.63, 3.8) is 0 Å². The van der Waals surface area contributed by atoms with Crippen LogP contribution in [-0.2, 0) is 11.2 Å². The average Bonchev–Trinajstić information content (AvgIpc) is 3.09. The average molecular weight is 368 g/mol. The fourth-order valence-electron chi connectivity index (χ4n) is 2.43. The highest BCUT2D eigenvalue weighted by Crippen LogP contribution is 2.26. The van der Waals surface area contributed by atoms with E-state index >= 15 is 0 Å². The molecule has 0 aliphatic carbocycles. The summed E-state index contributed by atoms with van der Waals surface area (Å²) in [5.74, 6) is 1.38. The second-order valence-corrected chi connectivity index (χ2v) is 7.95. The first-order valence-corrected chi connectivity index (χ1v) is 9.21. The van der Waals surface area contributed by atoms with Crippen LogP contribution in [0.3, 0.4) is 0 Å². The van der Waals surface area contributed by atoms with E-state index in [4.69, 9.17) is 0 Å². The van der Waals surface area contributed by atoms with Gasteiger partial charge in [0.2, 0.25) is 5.16 Å². The normalized spacial score (nSPS) is 11.5. The minimum absolute atomic E-state index is 0.0950. The maximum atomic E-state index is 10.7. The van der Waals surface area contributed by atoms with Gasteiger partial charge in [-0.05, 0) is 16.5 Å². The number of rotatable bonds is 5. The molecule has 26 heavy (non-hydrogen) atoms. The number of hydrogen-bond acceptors (Lipinski definition) is 5. The van der Waals surface area contributed by atoms with E-state index in [0.29, 0.717) is 10.9 Å². The molecule has 0 radical (unpaired) electrons. The second kappa shape index (κ2) is 7.29. The molecular formula is C19H20N4O2S. The van der Waals surface area contributed by atoms with Gasteiger partial charge in [0.1, 0.15) is 0 Å². The predicted molar refractivity (Wildman–Crippen MR) is 103 cm³/mol. The van der Waals surface area contributed by atoms with Crippen molar-refractivity contribution >= 4 is 17.4 Å². The van der Waals surface area contributed by atoms with E-state index in [0.717, 1.165) is 17.0 Å². The van der Waals surface area contributed by atoms with Crippen LogP contribution < -0.4 is 0 Å². The lowest BCUT2D eigenvalue weighted by molar-refractivity contribution is -0.384. The van der Waals surface area contributed by atoms with Crippen LogP contribution in [0.15, 0.2) is 53.7 Å². The molecule has 0 unspecified atom stereocenters. The number of hydrogen-bond donors (Lipinski definition) is 1. The van der Waals surface area contributed by atoms with Crippen molar-refractivity contribution in [1.82, 2.24) is 15.2 Å². The van der Waals surface area contributed by atoms with Crippen LogP contribution in [0.4, 0.5) is 5.69 Å². The lowest BCUT2D eigenvalue weighted by atomic mass is 9.87. The summed E-state index contributed by atoms with van der Waals surface area (Å²) in [6, 6.07) is 14.8. The molecule has 2 aromatic carbocycles. The molecule has 1 N–H and O–H groups in total. The summed E-state index contributed by atoms with van der Waals surface area (Å²) in [7, 11) is 0. The molecule has 134 valence electrons. The Kier molecular flexibility index (Phi) is 5.08. The Bertz CT molecular complexity index is 897. The van der Waals surface area contributed by atoms with Gasteiger partial charge in [-0.2, -0.15) is 0 Å². The van der Waals surface area contributed by atoms with Crippen molar-refractivity contribution in [3.05, 3.63) is 69.8 Å². The number of nitrogens with zero attached hydrogens (tertiary/aromatic N) is 3. The van der Waals surface area contributed by atoms with Crippen molar-refractivity contribution < 1.29 is 4.92 Å². The van der Waals surface area contributed by atoms with Crippen LogP contribution in [0.1, 0.15) is 31.9 Å². The third-order valence-electron chi connectivity index (χ3n) is 4.00. The minimum Gasteiger partial charge on any atom is -0.258 e. The van der Waals surface area contributed by atoms with Crippen LogP contribution in [-0.4, -0.2) is 20.1 Å². The molecule has 1 aromatic heterocycles. The van der Waals surface area contributed by atoms with E-state index in [1.165, 1.54) is 29.5 Å².